The van der Waals surface area contributed by atoms with Crippen molar-refractivity contribution < 1.29 is 4.39 Å². The molecule has 1 rings (SSSR count). The lowest BCUT2D eigenvalue weighted by molar-refractivity contribution is 0.302. The fourth-order valence-corrected chi connectivity index (χ4v) is 1.86. The van der Waals surface area contributed by atoms with Crippen LogP contribution in [0.25, 0.3) is 0 Å². The molecule has 1 unspecified atom stereocenters. The first-order chi connectivity index (χ1) is 10.3. The van der Waals surface area contributed by atoms with E-state index in [0.29, 0.717) is 11.6 Å². The van der Waals surface area contributed by atoms with Crippen molar-refractivity contribution in [2.45, 2.75) is 46.2 Å². The van der Waals surface area contributed by atoms with Crippen molar-refractivity contribution in [3.8, 4) is 0 Å². The fourth-order valence-electron chi connectivity index (χ4n) is 1.68. The van der Waals surface area contributed by atoms with Crippen LogP contribution in [0.2, 0.25) is 5.02 Å². The Morgan fingerprint density at radius 3 is 2.59 bits per heavy atom. The van der Waals surface area contributed by atoms with Crippen LogP contribution >= 0.6 is 11.6 Å². The van der Waals surface area contributed by atoms with Gasteiger partial charge in [-0.2, -0.15) is 5.11 Å². The Bertz CT molecular complexity index is 493. The molecule has 0 saturated heterocycles. The first kappa shape index (κ1) is 18.7. The van der Waals surface area contributed by atoms with Gasteiger partial charge in [0.25, 0.3) is 0 Å². The Morgan fingerprint density at radius 2 is 1.95 bits per heavy atom. The zero-order valence-electron chi connectivity index (χ0n) is 14.0. The van der Waals surface area contributed by atoms with Crippen LogP contribution in [0.4, 0.5) is 10.1 Å². The first-order valence-electron chi connectivity index (χ1n) is 7.63. The van der Waals surface area contributed by atoms with Crippen molar-refractivity contribution in [3.05, 3.63) is 29.0 Å². The minimum atomic E-state index is -0.408. The minimum absolute atomic E-state index is 0.105. The van der Waals surface area contributed by atoms with Gasteiger partial charge in [0.05, 0.1) is 16.8 Å². The predicted octanol–water partition coefficient (Wildman–Crippen LogP) is 5.01. The molecule has 1 aromatic carbocycles. The van der Waals surface area contributed by atoms with Crippen LogP contribution in [0.3, 0.4) is 0 Å². The first-order valence-corrected chi connectivity index (χ1v) is 8.01. The summed E-state index contributed by atoms with van der Waals surface area (Å²) in [5.74, 6) is 0.0679. The second-order valence-corrected chi connectivity index (χ2v) is 6.41. The smallest absolute Gasteiger partial charge is 0.164 e. The Hall–Kier alpha value is -1.36. The van der Waals surface area contributed by atoms with E-state index >= 15 is 0 Å². The standard InChI is InChI=1S/C16H26ClFN4/c1-11(2)13(4)20-21-22(5)10-9-12(3)19-15-8-6-7-14(17)16(15)18/h6-8,11-13,19H,9-10H2,1-5H3/b21-20-/t12?,13-/m0/s1. The second kappa shape index (κ2) is 8.93. The van der Waals surface area contributed by atoms with E-state index in [9.17, 15) is 4.39 Å². The number of anilines is 1. The molecule has 1 N–H and O–H groups in total. The molecule has 0 radical (unpaired) electrons. The average molecular weight is 329 g/mol. The van der Waals surface area contributed by atoms with Crippen LogP contribution in [0.1, 0.15) is 34.1 Å². The summed E-state index contributed by atoms with van der Waals surface area (Å²) in [4.78, 5) is 0. The number of benzene rings is 1. The predicted molar refractivity (Wildman–Crippen MR) is 90.9 cm³/mol. The summed E-state index contributed by atoms with van der Waals surface area (Å²) < 4.78 is 13.8. The van der Waals surface area contributed by atoms with Crippen LogP contribution in [0, 0.1) is 11.7 Å². The van der Waals surface area contributed by atoms with E-state index in [0.717, 1.165) is 13.0 Å². The van der Waals surface area contributed by atoms with Crippen molar-refractivity contribution in [1.82, 2.24) is 5.01 Å². The molecule has 0 bridgehead atoms. The minimum Gasteiger partial charge on any atom is -0.380 e. The highest BCUT2D eigenvalue weighted by Gasteiger charge is 2.10. The summed E-state index contributed by atoms with van der Waals surface area (Å²) in [7, 11) is 1.89. The second-order valence-electron chi connectivity index (χ2n) is 6.01. The molecule has 2 atom stereocenters. The van der Waals surface area contributed by atoms with Gasteiger partial charge >= 0.3 is 0 Å². The summed E-state index contributed by atoms with van der Waals surface area (Å²) in [5.41, 5.74) is 0.428. The van der Waals surface area contributed by atoms with Gasteiger partial charge in [0.15, 0.2) is 5.82 Å². The van der Waals surface area contributed by atoms with Crippen LogP contribution in [-0.2, 0) is 0 Å². The largest absolute Gasteiger partial charge is 0.380 e. The van der Waals surface area contributed by atoms with Gasteiger partial charge in [0.2, 0.25) is 0 Å². The van der Waals surface area contributed by atoms with Crippen molar-refractivity contribution in [2.75, 3.05) is 18.9 Å². The normalized spacial score (nSPS) is 14.4. The number of nitrogens with zero attached hydrogens (tertiary/aromatic N) is 3. The van der Waals surface area contributed by atoms with Gasteiger partial charge in [-0.15, -0.1) is 0 Å². The maximum atomic E-state index is 13.8. The summed E-state index contributed by atoms with van der Waals surface area (Å²) >= 11 is 5.77. The molecule has 0 heterocycles. The molecule has 0 aliphatic rings. The molecular weight excluding hydrogens is 303 g/mol. The third kappa shape index (κ3) is 6.18. The highest BCUT2D eigenvalue weighted by atomic mass is 35.5. The number of nitrogens with one attached hydrogen (secondary N) is 1. The Morgan fingerprint density at radius 1 is 1.27 bits per heavy atom. The van der Waals surface area contributed by atoms with Gasteiger partial charge in [-0.1, -0.05) is 36.7 Å². The Labute approximate surface area is 137 Å². The van der Waals surface area contributed by atoms with Crippen LogP contribution in [0.5, 0.6) is 0 Å². The molecule has 0 fully saturated rings. The van der Waals surface area contributed by atoms with E-state index in [1.807, 2.05) is 25.9 Å². The topological polar surface area (TPSA) is 40.0 Å². The molecule has 0 spiro atoms. The molecule has 0 saturated carbocycles. The monoisotopic (exact) mass is 328 g/mol. The molecule has 0 aliphatic heterocycles. The summed E-state index contributed by atoms with van der Waals surface area (Å²) in [6, 6.07) is 5.27. The van der Waals surface area contributed by atoms with E-state index < -0.39 is 5.82 Å². The average Bonchev–Trinajstić information content (AvgIpc) is 2.47. The number of rotatable bonds is 8. The zero-order valence-corrected chi connectivity index (χ0v) is 14.7. The third-order valence-corrected chi connectivity index (χ3v) is 3.88. The summed E-state index contributed by atoms with van der Waals surface area (Å²) in [6.07, 6.45) is 0.817. The van der Waals surface area contributed by atoms with Crippen molar-refractivity contribution in [2.24, 2.45) is 16.3 Å². The maximum absolute atomic E-state index is 13.8. The molecule has 0 aromatic heterocycles. The van der Waals surface area contributed by atoms with Crippen molar-refractivity contribution >= 4 is 17.3 Å². The maximum Gasteiger partial charge on any atom is 0.164 e. The molecular formula is C16H26ClFN4. The molecule has 6 heteroatoms. The lowest BCUT2D eigenvalue weighted by Gasteiger charge is -2.19. The summed E-state index contributed by atoms with van der Waals surface area (Å²) in [6.45, 7) is 9.03. The lowest BCUT2D eigenvalue weighted by Crippen LogP contribution is -2.23. The van der Waals surface area contributed by atoms with Gasteiger partial charge in [-0.3, -0.25) is 5.01 Å². The molecule has 22 heavy (non-hydrogen) atoms. The van der Waals surface area contributed by atoms with E-state index in [1.165, 1.54) is 6.07 Å². The summed E-state index contributed by atoms with van der Waals surface area (Å²) in [5, 5.41) is 13.5. The lowest BCUT2D eigenvalue weighted by atomic mass is 10.1. The Balaban J connectivity index is 2.42. The van der Waals surface area contributed by atoms with E-state index in [4.69, 9.17) is 11.6 Å². The number of hydrogen-bond acceptors (Lipinski definition) is 3. The quantitative estimate of drug-likeness (QED) is 0.538. The van der Waals surface area contributed by atoms with E-state index in [-0.39, 0.29) is 17.1 Å². The molecule has 1 aromatic rings. The van der Waals surface area contributed by atoms with Gasteiger partial charge in [0.1, 0.15) is 0 Å². The highest BCUT2D eigenvalue weighted by molar-refractivity contribution is 6.31. The zero-order chi connectivity index (χ0) is 16.7. The highest BCUT2D eigenvalue weighted by Crippen LogP contribution is 2.22. The van der Waals surface area contributed by atoms with Gasteiger partial charge in [-0.05, 0) is 38.3 Å². The number of hydrogen-bond donors (Lipinski definition) is 1. The SMILES string of the molecule is CC(CCN(C)/N=N\[C@@H](C)C(C)C)Nc1cccc(Cl)c1F. The molecule has 124 valence electrons. The molecule has 0 amide bonds. The van der Waals surface area contributed by atoms with E-state index in [1.54, 1.807) is 12.1 Å². The van der Waals surface area contributed by atoms with Gasteiger partial charge in [0, 0.05) is 19.6 Å². The van der Waals surface area contributed by atoms with Crippen LogP contribution < -0.4 is 5.32 Å². The van der Waals surface area contributed by atoms with Crippen LogP contribution in [-0.4, -0.2) is 30.7 Å². The Kier molecular flexibility index (Phi) is 7.59. The van der Waals surface area contributed by atoms with Gasteiger partial charge < -0.3 is 5.32 Å². The number of halogens is 2. The molecule has 0 aliphatic carbocycles. The fraction of sp³-hybridized carbons (Fsp3) is 0.625. The van der Waals surface area contributed by atoms with E-state index in [2.05, 4.69) is 29.5 Å². The van der Waals surface area contributed by atoms with Crippen molar-refractivity contribution in [1.29, 1.82) is 0 Å². The van der Waals surface area contributed by atoms with Crippen LogP contribution in [0.15, 0.2) is 28.5 Å². The van der Waals surface area contributed by atoms with Gasteiger partial charge in [-0.25, -0.2) is 4.39 Å². The van der Waals surface area contributed by atoms with Crippen molar-refractivity contribution in [3.63, 3.8) is 0 Å². The molecule has 4 nitrogen and oxygen atoms in total. The third-order valence-electron chi connectivity index (χ3n) is 3.59.